The van der Waals surface area contributed by atoms with E-state index in [1.165, 1.54) is 11.1 Å². The number of benzene rings is 3. The number of hydrogen-bond donors (Lipinski definition) is 2. The zero-order chi connectivity index (χ0) is 26.5. The third-order valence-electron chi connectivity index (χ3n) is 7.50. The van der Waals surface area contributed by atoms with Gasteiger partial charge >= 0.3 is 0 Å². The monoisotopic (exact) mass is 548 g/mol. The maximum Gasteiger partial charge on any atom is 0.119 e. The summed E-state index contributed by atoms with van der Waals surface area (Å²) in [5.74, 6) is 0.923. The number of piperazine rings is 1. The fraction of sp³-hybridized carbons (Fsp3) is 0.355. The maximum atomic E-state index is 6.33. The molecular formula is C31H37ClN4OS. The highest BCUT2D eigenvalue weighted by molar-refractivity contribution is 8.00. The van der Waals surface area contributed by atoms with Gasteiger partial charge in [0.1, 0.15) is 5.75 Å². The van der Waals surface area contributed by atoms with Crippen LogP contribution in [0, 0.1) is 0 Å². The van der Waals surface area contributed by atoms with E-state index in [-0.39, 0.29) is 5.41 Å². The number of halogens is 1. The second kappa shape index (κ2) is 12.0. The largest absolute Gasteiger partial charge is 0.494 e. The highest BCUT2D eigenvalue weighted by atomic mass is 35.5. The first-order valence-electron chi connectivity index (χ1n) is 13.3. The average Bonchev–Trinajstić information content (AvgIpc) is 3.36. The zero-order valence-electron chi connectivity index (χ0n) is 22.5. The lowest BCUT2D eigenvalue weighted by Crippen LogP contribution is -2.44. The van der Waals surface area contributed by atoms with E-state index in [0.717, 1.165) is 78.0 Å². The minimum Gasteiger partial charge on any atom is -0.494 e. The molecule has 1 aliphatic rings. The van der Waals surface area contributed by atoms with Gasteiger partial charge in [0.2, 0.25) is 0 Å². The van der Waals surface area contributed by atoms with E-state index < -0.39 is 0 Å². The predicted molar refractivity (Wildman–Crippen MR) is 162 cm³/mol. The molecule has 1 fully saturated rings. The third kappa shape index (κ3) is 6.32. The molecule has 1 aromatic heterocycles. The SMILES string of the molecule is CN1CCN(CCCOc2ccc(SNc3ccccc3C(C)(C)c3c[nH]c4ccc(Cl)cc34)cc2)CC1. The van der Waals surface area contributed by atoms with Gasteiger partial charge in [-0.2, -0.15) is 0 Å². The molecule has 4 aromatic rings. The number of hydrogen-bond acceptors (Lipinski definition) is 5. The Kier molecular flexibility index (Phi) is 8.54. The third-order valence-corrected chi connectivity index (χ3v) is 8.57. The Morgan fingerprint density at radius 1 is 0.974 bits per heavy atom. The minimum absolute atomic E-state index is 0.227. The van der Waals surface area contributed by atoms with Crippen LogP contribution in [0.5, 0.6) is 5.75 Å². The number of anilines is 1. The molecule has 0 bridgehead atoms. The normalized spacial score (nSPS) is 15.2. The number of likely N-dealkylation sites (N-methyl/N-ethyl adjacent to an activating group) is 1. The maximum absolute atomic E-state index is 6.33. The summed E-state index contributed by atoms with van der Waals surface area (Å²) in [6.45, 7) is 11.0. The molecule has 2 N–H and O–H groups in total. The van der Waals surface area contributed by atoms with Crippen LogP contribution in [-0.4, -0.2) is 61.2 Å². The smallest absolute Gasteiger partial charge is 0.119 e. The van der Waals surface area contributed by atoms with Crippen molar-refractivity contribution in [2.24, 2.45) is 0 Å². The van der Waals surface area contributed by atoms with E-state index in [4.69, 9.17) is 16.3 Å². The van der Waals surface area contributed by atoms with Gasteiger partial charge in [0.05, 0.1) is 6.61 Å². The van der Waals surface area contributed by atoms with Gasteiger partial charge in [0.15, 0.2) is 0 Å². The summed E-state index contributed by atoms with van der Waals surface area (Å²) < 4.78 is 9.60. The minimum atomic E-state index is -0.227. The summed E-state index contributed by atoms with van der Waals surface area (Å²) in [5, 5.41) is 1.91. The first kappa shape index (κ1) is 26.9. The van der Waals surface area contributed by atoms with Gasteiger partial charge < -0.3 is 24.2 Å². The van der Waals surface area contributed by atoms with Gasteiger partial charge in [0.25, 0.3) is 0 Å². The van der Waals surface area contributed by atoms with Crippen molar-refractivity contribution in [3.63, 3.8) is 0 Å². The van der Waals surface area contributed by atoms with Crippen molar-refractivity contribution >= 4 is 40.1 Å². The van der Waals surface area contributed by atoms with E-state index in [1.807, 2.05) is 18.2 Å². The molecule has 38 heavy (non-hydrogen) atoms. The molecule has 5 nitrogen and oxygen atoms in total. The number of para-hydroxylation sites is 1. The first-order valence-corrected chi connectivity index (χ1v) is 14.5. The lowest BCUT2D eigenvalue weighted by molar-refractivity contribution is 0.145. The Hall–Kier alpha value is -2.64. The number of fused-ring (bicyclic) bond motifs is 1. The number of rotatable bonds is 10. The Bertz CT molecular complexity index is 1350. The van der Waals surface area contributed by atoms with Crippen LogP contribution in [0.1, 0.15) is 31.4 Å². The Balaban J connectivity index is 1.18. The van der Waals surface area contributed by atoms with Gasteiger partial charge in [-0.3, -0.25) is 0 Å². The van der Waals surface area contributed by atoms with Gasteiger partial charge in [-0.1, -0.05) is 43.6 Å². The fourth-order valence-corrected chi connectivity index (χ4v) is 5.99. The van der Waals surface area contributed by atoms with Gasteiger partial charge in [-0.15, -0.1) is 0 Å². The molecule has 0 amide bonds. The number of aromatic nitrogens is 1. The molecule has 0 radical (unpaired) electrons. The second-order valence-corrected chi connectivity index (χ2v) is 11.9. The van der Waals surface area contributed by atoms with Crippen LogP contribution in [0.4, 0.5) is 5.69 Å². The topological polar surface area (TPSA) is 43.5 Å². The Morgan fingerprint density at radius 2 is 1.74 bits per heavy atom. The molecule has 0 unspecified atom stereocenters. The summed E-state index contributed by atoms with van der Waals surface area (Å²) in [6, 6.07) is 22.9. The van der Waals surface area contributed by atoms with E-state index in [1.54, 1.807) is 11.9 Å². The molecule has 200 valence electrons. The van der Waals surface area contributed by atoms with Gasteiger partial charge in [0, 0.05) is 70.8 Å². The fourth-order valence-electron chi connectivity index (χ4n) is 5.14. The van der Waals surface area contributed by atoms with Crippen molar-refractivity contribution in [1.82, 2.24) is 14.8 Å². The number of nitrogens with one attached hydrogen (secondary N) is 2. The average molecular weight is 549 g/mol. The molecule has 0 atom stereocenters. The lowest BCUT2D eigenvalue weighted by atomic mass is 9.77. The molecule has 1 aliphatic heterocycles. The summed E-state index contributed by atoms with van der Waals surface area (Å²) in [7, 11) is 2.19. The second-order valence-electron chi connectivity index (χ2n) is 10.6. The van der Waals surface area contributed by atoms with Crippen LogP contribution in [0.15, 0.2) is 77.8 Å². The molecule has 2 heterocycles. The van der Waals surface area contributed by atoms with Crippen LogP contribution in [-0.2, 0) is 5.41 Å². The number of nitrogens with zero attached hydrogens (tertiary/aromatic N) is 2. The highest BCUT2D eigenvalue weighted by Crippen LogP contribution is 2.41. The first-order chi connectivity index (χ1) is 18.4. The highest BCUT2D eigenvalue weighted by Gasteiger charge is 2.28. The van der Waals surface area contributed by atoms with Crippen LogP contribution in [0.25, 0.3) is 10.9 Å². The van der Waals surface area contributed by atoms with Crippen LogP contribution >= 0.6 is 23.5 Å². The molecule has 1 saturated heterocycles. The molecular weight excluding hydrogens is 512 g/mol. The van der Waals surface area contributed by atoms with E-state index in [2.05, 4.69) is 95.1 Å². The van der Waals surface area contributed by atoms with Crippen LogP contribution in [0.3, 0.4) is 0 Å². The van der Waals surface area contributed by atoms with Crippen LogP contribution in [0.2, 0.25) is 5.02 Å². The summed E-state index contributed by atoms with van der Waals surface area (Å²) in [6.07, 6.45) is 3.16. The van der Waals surface area contributed by atoms with Crippen molar-refractivity contribution in [3.8, 4) is 5.75 Å². The van der Waals surface area contributed by atoms with Crippen molar-refractivity contribution in [1.29, 1.82) is 0 Å². The molecule has 0 aliphatic carbocycles. The Morgan fingerprint density at radius 3 is 2.53 bits per heavy atom. The predicted octanol–water partition coefficient (Wildman–Crippen LogP) is 7.28. The van der Waals surface area contributed by atoms with Crippen molar-refractivity contribution in [3.05, 3.63) is 89.1 Å². The van der Waals surface area contributed by atoms with Gasteiger partial charge in [-0.05, 0) is 85.1 Å². The standard InChI is InChI=1S/C31H37ClN4OS/c1-31(2,28-22-33-29-14-9-23(32)21-26(28)29)27-7-4-5-8-30(27)34-38-25-12-10-24(11-13-25)37-20-6-15-36-18-16-35(3)17-19-36/h4-5,7-14,21-22,33-34H,6,15-20H2,1-3H3. The van der Waals surface area contributed by atoms with Gasteiger partial charge in [-0.25, -0.2) is 0 Å². The zero-order valence-corrected chi connectivity index (χ0v) is 24.0. The summed E-state index contributed by atoms with van der Waals surface area (Å²) in [4.78, 5) is 9.47. The quantitative estimate of drug-likeness (QED) is 0.161. The lowest BCUT2D eigenvalue weighted by Gasteiger charge is -2.32. The molecule has 5 rings (SSSR count). The van der Waals surface area contributed by atoms with Crippen LogP contribution < -0.4 is 9.46 Å². The van der Waals surface area contributed by atoms with E-state index in [0.29, 0.717) is 0 Å². The van der Waals surface area contributed by atoms with E-state index >= 15 is 0 Å². The van der Waals surface area contributed by atoms with Crippen molar-refractivity contribution < 1.29 is 4.74 Å². The van der Waals surface area contributed by atoms with Crippen molar-refractivity contribution in [2.75, 3.05) is 51.1 Å². The Labute approximate surface area is 235 Å². The number of H-pyrrole nitrogens is 1. The van der Waals surface area contributed by atoms with Crippen molar-refractivity contribution in [2.45, 2.75) is 30.6 Å². The summed E-state index contributed by atoms with van der Waals surface area (Å²) >= 11 is 7.95. The summed E-state index contributed by atoms with van der Waals surface area (Å²) in [5.41, 5.74) is 4.42. The molecule has 3 aromatic carbocycles. The van der Waals surface area contributed by atoms with E-state index in [9.17, 15) is 0 Å². The molecule has 0 spiro atoms. The molecule has 7 heteroatoms. The number of aromatic amines is 1. The molecule has 0 saturated carbocycles. The number of ether oxygens (including phenoxy) is 1.